The lowest BCUT2D eigenvalue weighted by Crippen LogP contribution is -2.27. The number of nitrogens with zero attached hydrogens (tertiary/aromatic N) is 1. The van der Waals surface area contributed by atoms with E-state index in [-0.39, 0.29) is 5.91 Å². The van der Waals surface area contributed by atoms with Gasteiger partial charge in [0.2, 0.25) is 0 Å². The van der Waals surface area contributed by atoms with E-state index in [1.807, 2.05) is 19.1 Å². The molecule has 96 valence electrons. The van der Waals surface area contributed by atoms with Crippen LogP contribution in [0.25, 0.3) is 10.2 Å². The summed E-state index contributed by atoms with van der Waals surface area (Å²) in [5.41, 5.74) is 1.54. The Labute approximate surface area is 112 Å². The summed E-state index contributed by atoms with van der Waals surface area (Å²) in [5.74, 6) is 0.349. The molecule has 0 aliphatic heterocycles. The highest BCUT2D eigenvalue weighted by molar-refractivity contribution is 7.84. The quantitative estimate of drug-likeness (QED) is 0.929. The molecule has 0 aliphatic rings. The molecule has 4 nitrogen and oxygen atoms in total. The minimum absolute atomic E-state index is 0.131. The van der Waals surface area contributed by atoms with Crippen LogP contribution in [0.1, 0.15) is 15.4 Å². The Balaban J connectivity index is 2.10. The van der Waals surface area contributed by atoms with Gasteiger partial charge in [-0.1, -0.05) is 0 Å². The number of thiazole rings is 1. The lowest BCUT2D eigenvalue weighted by atomic mass is 10.2. The fraction of sp³-hybridized carbons (Fsp3) is 0.333. The normalized spacial score (nSPS) is 12.6. The summed E-state index contributed by atoms with van der Waals surface area (Å²) >= 11 is 1.57. The average molecular weight is 282 g/mol. The summed E-state index contributed by atoms with van der Waals surface area (Å²) < 4.78 is 11.9. The van der Waals surface area contributed by atoms with Crippen LogP contribution in [0.3, 0.4) is 0 Å². The maximum atomic E-state index is 11.9. The van der Waals surface area contributed by atoms with Gasteiger partial charge in [0.05, 0.1) is 15.2 Å². The summed E-state index contributed by atoms with van der Waals surface area (Å²) in [6.45, 7) is 2.38. The molecule has 1 aromatic carbocycles. The molecule has 1 aromatic heterocycles. The minimum Gasteiger partial charge on any atom is -0.351 e. The lowest BCUT2D eigenvalue weighted by molar-refractivity contribution is 0.0956. The van der Waals surface area contributed by atoms with Gasteiger partial charge in [0.15, 0.2) is 0 Å². The Kier molecular flexibility index (Phi) is 4.08. The van der Waals surface area contributed by atoms with Crippen LogP contribution in [-0.4, -0.2) is 33.7 Å². The first-order chi connectivity index (χ1) is 8.56. The topological polar surface area (TPSA) is 59.1 Å². The van der Waals surface area contributed by atoms with Gasteiger partial charge in [-0.3, -0.25) is 9.00 Å². The highest BCUT2D eigenvalue weighted by Gasteiger charge is 2.08. The maximum absolute atomic E-state index is 11.9. The third kappa shape index (κ3) is 3.14. The highest BCUT2D eigenvalue weighted by Crippen LogP contribution is 2.22. The summed E-state index contributed by atoms with van der Waals surface area (Å²) in [7, 11) is -0.880. The van der Waals surface area contributed by atoms with Gasteiger partial charge in [0.25, 0.3) is 5.91 Å². The maximum Gasteiger partial charge on any atom is 0.251 e. The van der Waals surface area contributed by atoms with Gasteiger partial charge in [-0.2, -0.15) is 0 Å². The second-order valence-corrected chi connectivity index (χ2v) is 6.74. The van der Waals surface area contributed by atoms with Gasteiger partial charge < -0.3 is 5.32 Å². The van der Waals surface area contributed by atoms with Crippen LogP contribution in [-0.2, 0) is 10.8 Å². The molecule has 2 aromatic rings. The largest absolute Gasteiger partial charge is 0.351 e. The monoisotopic (exact) mass is 282 g/mol. The number of carbonyl (C=O) groups excluding carboxylic acids is 1. The summed E-state index contributed by atoms with van der Waals surface area (Å²) in [6, 6.07) is 5.46. The molecule has 0 aliphatic carbocycles. The van der Waals surface area contributed by atoms with Crippen molar-refractivity contribution in [3.8, 4) is 0 Å². The molecule has 0 spiro atoms. The molecule has 6 heteroatoms. The minimum atomic E-state index is -0.880. The van der Waals surface area contributed by atoms with Gasteiger partial charge >= 0.3 is 0 Å². The number of fused-ring (bicyclic) bond motifs is 1. The Morgan fingerprint density at radius 1 is 1.50 bits per heavy atom. The number of hydrogen-bond acceptors (Lipinski definition) is 4. The van der Waals surface area contributed by atoms with Crippen molar-refractivity contribution in [2.75, 3.05) is 18.6 Å². The third-order valence-electron chi connectivity index (χ3n) is 2.43. The van der Waals surface area contributed by atoms with Crippen LogP contribution in [0.4, 0.5) is 0 Å². The van der Waals surface area contributed by atoms with Crippen molar-refractivity contribution in [1.29, 1.82) is 0 Å². The van der Waals surface area contributed by atoms with E-state index >= 15 is 0 Å². The van der Waals surface area contributed by atoms with Crippen molar-refractivity contribution in [1.82, 2.24) is 10.3 Å². The molecule has 1 N–H and O–H groups in total. The van der Waals surface area contributed by atoms with Gasteiger partial charge in [0.1, 0.15) is 0 Å². The second kappa shape index (κ2) is 5.58. The molecule has 0 bridgehead atoms. The number of benzene rings is 1. The Bertz CT molecular complexity index is 607. The summed E-state index contributed by atoms with van der Waals surface area (Å²) in [4.78, 5) is 16.2. The molecule has 1 amide bonds. The summed E-state index contributed by atoms with van der Waals surface area (Å²) in [5, 5.41) is 3.74. The van der Waals surface area contributed by atoms with Crippen molar-refractivity contribution in [2.45, 2.75) is 6.92 Å². The van der Waals surface area contributed by atoms with Gasteiger partial charge in [-0.25, -0.2) is 4.98 Å². The molecule has 0 fully saturated rings. The zero-order valence-corrected chi connectivity index (χ0v) is 11.9. The van der Waals surface area contributed by atoms with E-state index in [0.717, 1.165) is 15.2 Å². The van der Waals surface area contributed by atoms with Crippen LogP contribution in [0.2, 0.25) is 0 Å². The van der Waals surface area contributed by atoms with Gasteiger partial charge in [-0.05, 0) is 25.1 Å². The predicted molar refractivity (Wildman–Crippen MR) is 75.6 cm³/mol. The lowest BCUT2D eigenvalue weighted by Gasteiger charge is -2.03. The molecule has 1 heterocycles. The van der Waals surface area contributed by atoms with E-state index in [0.29, 0.717) is 17.9 Å². The molecule has 2 rings (SSSR count). The first kappa shape index (κ1) is 13.2. The van der Waals surface area contributed by atoms with E-state index in [1.165, 1.54) is 0 Å². The highest BCUT2D eigenvalue weighted by atomic mass is 32.2. The smallest absolute Gasteiger partial charge is 0.251 e. The van der Waals surface area contributed by atoms with Gasteiger partial charge in [-0.15, -0.1) is 11.3 Å². The van der Waals surface area contributed by atoms with E-state index in [4.69, 9.17) is 0 Å². The predicted octanol–water partition coefficient (Wildman–Crippen LogP) is 1.71. The molecule has 0 saturated heterocycles. The number of rotatable bonds is 4. The number of amides is 1. The molecule has 18 heavy (non-hydrogen) atoms. The SMILES string of the molecule is Cc1nc2ccc(C(=O)NCC[S@](C)=O)cc2s1. The van der Waals surface area contributed by atoms with E-state index in [9.17, 15) is 9.00 Å². The molecule has 0 unspecified atom stereocenters. The van der Waals surface area contributed by atoms with Crippen LogP contribution < -0.4 is 5.32 Å². The fourth-order valence-corrected chi connectivity index (χ4v) is 2.85. The van der Waals surface area contributed by atoms with Crippen LogP contribution >= 0.6 is 11.3 Å². The molecule has 0 saturated carbocycles. The zero-order chi connectivity index (χ0) is 13.1. The van der Waals surface area contributed by atoms with E-state index < -0.39 is 10.8 Å². The number of hydrogen-bond donors (Lipinski definition) is 1. The Morgan fingerprint density at radius 3 is 3.00 bits per heavy atom. The van der Waals surface area contributed by atoms with Crippen molar-refractivity contribution in [3.63, 3.8) is 0 Å². The number of nitrogens with one attached hydrogen (secondary N) is 1. The molecular weight excluding hydrogens is 268 g/mol. The fourth-order valence-electron chi connectivity index (χ4n) is 1.59. The zero-order valence-electron chi connectivity index (χ0n) is 10.2. The standard InChI is InChI=1S/C12H14N2O2S2/c1-8-14-10-4-3-9(7-11(10)17-8)12(15)13-5-6-18(2)16/h3-4,7H,5-6H2,1-2H3,(H,13,15)/t18-/m0/s1. The Hall–Kier alpha value is -1.27. The van der Waals surface area contributed by atoms with Crippen molar-refractivity contribution < 1.29 is 9.00 Å². The van der Waals surface area contributed by atoms with E-state index in [2.05, 4.69) is 10.3 Å². The number of aryl methyl sites for hydroxylation is 1. The first-order valence-electron chi connectivity index (χ1n) is 5.51. The van der Waals surface area contributed by atoms with Crippen LogP contribution in [0.5, 0.6) is 0 Å². The summed E-state index contributed by atoms with van der Waals surface area (Å²) in [6.07, 6.45) is 1.62. The number of carbonyl (C=O) groups is 1. The molecular formula is C12H14N2O2S2. The van der Waals surface area contributed by atoms with Crippen LogP contribution in [0, 0.1) is 6.92 Å². The van der Waals surface area contributed by atoms with Crippen molar-refractivity contribution >= 4 is 38.3 Å². The van der Waals surface area contributed by atoms with Crippen molar-refractivity contribution in [3.05, 3.63) is 28.8 Å². The molecule has 0 radical (unpaired) electrons. The Morgan fingerprint density at radius 2 is 2.28 bits per heavy atom. The third-order valence-corrected chi connectivity index (χ3v) is 4.15. The van der Waals surface area contributed by atoms with E-state index in [1.54, 1.807) is 23.7 Å². The molecule has 1 atom stereocenters. The van der Waals surface area contributed by atoms with Gasteiger partial charge in [0, 0.05) is 34.9 Å². The first-order valence-corrected chi connectivity index (χ1v) is 8.06. The average Bonchev–Trinajstić information content (AvgIpc) is 2.67. The number of aromatic nitrogens is 1. The van der Waals surface area contributed by atoms with Crippen molar-refractivity contribution in [2.24, 2.45) is 0 Å². The second-order valence-electron chi connectivity index (χ2n) is 3.95. The van der Waals surface area contributed by atoms with Crippen LogP contribution in [0.15, 0.2) is 18.2 Å².